The summed E-state index contributed by atoms with van der Waals surface area (Å²) in [6, 6.07) is 10.6. The average Bonchev–Trinajstić information content (AvgIpc) is 2.54. The Balaban J connectivity index is 2.26. The van der Waals surface area contributed by atoms with E-state index in [9.17, 15) is 0 Å². The number of aryl methyl sites for hydroxylation is 1. The first kappa shape index (κ1) is 16.3. The average molecular weight is 298 g/mol. The number of hydrogen-bond donors (Lipinski definition) is 0. The van der Waals surface area contributed by atoms with Crippen molar-refractivity contribution >= 4 is 17.3 Å². The van der Waals surface area contributed by atoms with E-state index in [-0.39, 0.29) is 0 Å². The lowest BCUT2D eigenvalue weighted by atomic mass is 10.2. The van der Waals surface area contributed by atoms with E-state index in [0.717, 1.165) is 24.7 Å². The summed E-state index contributed by atoms with van der Waals surface area (Å²) in [6.07, 6.45) is 4.02. The molecule has 0 atom stereocenters. The predicted molar refractivity (Wildman–Crippen MR) is 94.1 cm³/mol. The Kier molecular flexibility index (Phi) is 5.75. The molecule has 4 nitrogen and oxygen atoms in total. The summed E-state index contributed by atoms with van der Waals surface area (Å²) in [6.45, 7) is 8.35. The lowest BCUT2D eigenvalue weighted by Crippen LogP contribution is -2.22. The first-order valence-corrected chi connectivity index (χ1v) is 8.03. The maximum Gasteiger partial charge on any atom is 0.138 e. The standard InChI is InChI=1S/C18H26N4/c1-5-7-11-21(4)17-13-18(20-14-19-17)22(6-2)16-10-8-9-15(3)12-16/h8-10,12-14H,5-7,11H2,1-4H3. The van der Waals surface area contributed by atoms with Crippen molar-refractivity contribution in [3.63, 3.8) is 0 Å². The van der Waals surface area contributed by atoms with Crippen LogP contribution in [0.1, 0.15) is 32.3 Å². The molecule has 0 aliphatic heterocycles. The molecule has 118 valence electrons. The molecule has 0 radical (unpaired) electrons. The number of benzene rings is 1. The first-order chi connectivity index (χ1) is 10.7. The van der Waals surface area contributed by atoms with Crippen LogP contribution in [0.2, 0.25) is 0 Å². The van der Waals surface area contributed by atoms with E-state index >= 15 is 0 Å². The highest BCUT2D eigenvalue weighted by atomic mass is 15.2. The summed E-state index contributed by atoms with van der Waals surface area (Å²) < 4.78 is 0. The van der Waals surface area contributed by atoms with Crippen LogP contribution >= 0.6 is 0 Å². The second-order valence-electron chi connectivity index (χ2n) is 5.59. The molecule has 22 heavy (non-hydrogen) atoms. The van der Waals surface area contributed by atoms with Gasteiger partial charge in [0, 0.05) is 31.9 Å². The summed E-state index contributed by atoms with van der Waals surface area (Å²) in [5.41, 5.74) is 2.42. The maximum atomic E-state index is 4.47. The van der Waals surface area contributed by atoms with Crippen LogP contribution in [-0.2, 0) is 0 Å². The zero-order chi connectivity index (χ0) is 15.9. The number of aromatic nitrogens is 2. The Morgan fingerprint density at radius 1 is 1.05 bits per heavy atom. The molecule has 0 aliphatic rings. The molecule has 0 spiro atoms. The smallest absolute Gasteiger partial charge is 0.138 e. The predicted octanol–water partition coefficient (Wildman–Crippen LogP) is 4.18. The van der Waals surface area contributed by atoms with Crippen molar-refractivity contribution in [2.75, 3.05) is 29.9 Å². The summed E-state index contributed by atoms with van der Waals surface area (Å²) >= 11 is 0. The fourth-order valence-corrected chi connectivity index (χ4v) is 2.48. The van der Waals surface area contributed by atoms with E-state index in [4.69, 9.17) is 0 Å². The van der Waals surface area contributed by atoms with Gasteiger partial charge in [-0.25, -0.2) is 9.97 Å². The van der Waals surface area contributed by atoms with Crippen LogP contribution < -0.4 is 9.80 Å². The van der Waals surface area contributed by atoms with Gasteiger partial charge in [0.15, 0.2) is 0 Å². The summed E-state index contributed by atoms with van der Waals surface area (Å²) in [4.78, 5) is 13.3. The maximum absolute atomic E-state index is 4.47. The van der Waals surface area contributed by atoms with Crippen LogP contribution in [0.15, 0.2) is 36.7 Å². The number of anilines is 3. The Hall–Kier alpha value is -2.10. The second kappa shape index (κ2) is 7.78. The minimum absolute atomic E-state index is 0.874. The normalized spacial score (nSPS) is 10.5. The molecular weight excluding hydrogens is 272 g/mol. The summed E-state index contributed by atoms with van der Waals surface area (Å²) in [7, 11) is 2.09. The zero-order valence-corrected chi connectivity index (χ0v) is 14.1. The largest absolute Gasteiger partial charge is 0.360 e. The highest BCUT2D eigenvalue weighted by Crippen LogP contribution is 2.25. The van der Waals surface area contributed by atoms with Gasteiger partial charge < -0.3 is 9.80 Å². The fraction of sp³-hybridized carbons (Fsp3) is 0.444. The van der Waals surface area contributed by atoms with Gasteiger partial charge in [-0.05, 0) is 38.0 Å². The summed E-state index contributed by atoms with van der Waals surface area (Å²) in [5.74, 6) is 1.92. The summed E-state index contributed by atoms with van der Waals surface area (Å²) in [5, 5.41) is 0. The van der Waals surface area contributed by atoms with Gasteiger partial charge in [0.2, 0.25) is 0 Å². The monoisotopic (exact) mass is 298 g/mol. The molecule has 0 bridgehead atoms. The van der Waals surface area contributed by atoms with Crippen LogP contribution in [0.25, 0.3) is 0 Å². The van der Waals surface area contributed by atoms with Crippen molar-refractivity contribution < 1.29 is 0 Å². The van der Waals surface area contributed by atoms with Gasteiger partial charge >= 0.3 is 0 Å². The Morgan fingerprint density at radius 2 is 1.82 bits per heavy atom. The van der Waals surface area contributed by atoms with Crippen molar-refractivity contribution in [1.82, 2.24) is 9.97 Å². The molecule has 0 N–H and O–H groups in total. The van der Waals surface area contributed by atoms with E-state index < -0.39 is 0 Å². The highest BCUT2D eigenvalue weighted by molar-refractivity contribution is 5.63. The van der Waals surface area contributed by atoms with Crippen LogP contribution in [0, 0.1) is 6.92 Å². The van der Waals surface area contributed by atoms with Gasteiger partial charge in [-0.1, -0.05) is 25.5 Å². The van der Waals surface area contributed by atoms with Gasteiger partial charge in [-0.3, -0.25) is 0 Å². The lowest BCUT2D eigenvalue weighted by Gasteiger charge is -2.24. The van der Waals surface area contributed by atoms with Gasteiger partial charge in [-0.2, -0.15) is 0 Å². The van der Waals surface area contributed by atoms with E-state index in [1.807, 2.05) is 0 Å². The molecule has 0 amide bonds. The molecular formula is C18H26N4. The van der Waals surface area contributed by atoms with E-state index in [1.165, 1.54) is 24.1 Å². The molecule has 1 aromatic carbocycles. The third-order valence-corrected chi connectivity index (χ3v) is 3.78. The van der Waals surface area contributed by atoms with Gasteiger partial charge in [0.25, 0.3) is 0 Å². The van der Waals surface area contributed by atoms with Crippen LogP contribution in [-0.4, -0.2) is 30.1 Å². The minimum Gasteiger partial charge on any atom is -0.360 e. The second-order valence-corrected chi connectivity index (χ2v) is 5.59. The van der Waals surface area contributed by atoms with Gasteiger partial charge in [-0.15, -0.1) is 0 Å². The van der Waals surface area contributed by atoms with Crippen molar-refractivity contribution in [2.24, 2.45) is 0 Å². The molecule has 2 rings (SSSR count). The molecule has 1 aromatic heterocycles. The third kappa shape index (κ3) is 3.97. The highest BCUT2D eigenvalue weighted by Gasteiger charge is 2.11. The topological polar surface area (TPSA) is 32.3 Å². The Labute approximate surface area is 133 Å². The molecule has 1 heterocycles. The van der Waals surface area contributed by atoms with E-state index in [1.54, 1.807) is 6.33 Å². The van der Waals surface area contributed by atoms with Crippen molar-refractivity contribution in [3.05, 3.63) is 42.2 Å². The Bertz CT molecular complexity index is 597. The van der Waals surface area contributed by atoms with Crippen molar-refractivity contribution in [1.29, 1.82) is 0 Å². The van der Waals surface area contributed by atoms with Crippen LogP contribution in [0.4, 0.5) is 17.3 Å². The zero-order valence-electron chi connectivity index (χ0n) is 14.1. The molecule has 2 aromatic rings. The van der Waals surface area contributed by atoms with Crippen LogP contribution in [0.3, 0.4) is 0 Å². The van der Waals surface area contributed by atoms with E-state index in [0.29, 0.717) is 0 Å². The number of hydrogen-bond acceptors (Lipinski definition) is 4. The molecule has 0 saturated heterocycles. The van der Waals surface area contributed by atoms with Crippen LogP contribution in [0.5, 0.6) is 0 Å². The number of nitrogens with zero attached hydrogens (tertiary/aromatic N) is 4. The minimum atomic E-state index is 0.874. The SMILES string of the molecule is CCCCN(C)c1cc(N(CC)c2cccc(C)c2)ncn1. The molecule has 0 saturated carbocycles. The third-order valence-electron chi connectivity index (χ3n) is 3.78. The quantitative estimate of drug-likeness (QED) is 0.767. The lowest BCUT2D eigenvalue weighted by molar-refractivity contribution is 0.758. The fourth-order valence-electron chi connectivity index (χ4n) is 2.48. The number of unbranched alkanes of at least 4 members (excludes halogenated alkanes) is 1. The molecule has 0 fully saturated rings. The molecule has 0 unspecified atom stereocenters. The molecule has 4 heteroatoms. The Morgan fingerprint density at radius 3 is 2.50 bits per heavy atom. The van der Waals surface area contributed by atoms with Crippen molar-refractivity contribution in [2.45, 2.75) is 33.6 Å². The van der Waals surface area contributed by atoms with E-state index in [2.05, 4.69) is 77.9 Å². The van der Waals surface area contributed by atoms with Gasteiger partial charge in [0.1, 0.15) is 18.0 Å². The van der Waals surface area contributed by atoms with Crippen molar-refractivity contribution in [3.8, 4) is 0 Å². The van der Waals surface area contributed by atoms with Gasteiger partial charge in [0.05, 0.1) is 0 Å². The molecule has 0 aliphatic carbocycles. The number of rotatable bonds is 7. The first-order valence-electron chi connectivity index (χ1n) is 8.03.